The molecule has 0 aliphatic carbocycles. The van der Waals surface area contributed by atoms with Crippen LogP contribution in [0.2, 0.25) is 0 Å². The van der Waals surface area contributed by atoms with Crippen LogP contribution in [0.1, 0.15) is 0 Å². The molecule has 0 saturated heterocycles. The molecule has 0 saturated carbocycles. The molecule has 7 nitrogen and oxygen atoms in total. The van der Waals surface area contributed by atoms with E-state index >= 15 is 0 Å². The normalized spacial score (nSPS) is 11.3. The molecule has 0 aliphatic rings. The Bertz CT molecular complexity index is 1280. The van der Waals surface area contributed by atoms with Gasteiger partial charge in [-0.15, -0.1) is 0 Å². The summed E-state index contributed by atoms with van der Waals surface area (Å²) in [7, 11) is -3.91. The van der Waals surface area contributed by atoms with E-state index < -0.39 is 15.7 Å². The third kappa shape index (κ3) is 3.55. The summed E-state index contributed by atoms with van der Waals surface area (Å²) in [6.45, 7) is 0. The first-order valence-electron chi connectivity index (χ1n) is 8.45. The molecule has 0 spiro atoms. The monoisotopic (exact) mass is 407 g/mol. The van der Waals surface area contributed by atoms with Crippen LogP contribution in [-0.4, -0.2) is 28.4 Å². The Morgan fingerprint density at radius 3 is 2.31 bits per heavy atom. The van der Waals surface area contributed by atoms with Gasteiger partial charge in [0.25, 0.3) is 0 Å². The zero-order chi connectivity index (χ0) is 20.4. The summed E-state index contributed by atoms with van der Waals surface area (Å²) >= 11 is 0. The van der Waals surface area contributed by atoms with Gasteiger partial charge < -0.3 is 5.73 Å². The quantitative estimate of drug-likeness (QED) is 0.517. The van der Waals surface area contributed by atoms with E-state index in [0.717, 1.165) is 0 Å². The van der Waals surface area contributed by atoms with E-state index in [-0.39, 0.29) is 21.4 Å². The minimum atomic E-state index is -3.91. The second kappa shape index (κ2) is 7.36. The molecule has 0 amide bonds. The number of aromatic nitrogens is 4. The maximum Gasteiger partial charge on any atom is 0.224 e. The molecule has 2 N–H and O–H groups in total. The highest BCUT2D eigenvalue weighted by atomic mass is 32.2. The standard InChI is InChI=1S/C20H14FN5O2S/c21-17-9-13(5-6-15(17)14-10-24-20(22)25-11-14)16-3-1-2-4-18(16)29(27,28)19-7-8-23-12-26-19/h1-12H,(H2,22,24,25). The molecule has 29 heavy (non-hydrogen) atoms. The van der Waals surface area contributed by atoms with Gasteiger partial charge in [-0.2, -0.15) is 0 Å². The van der Waals surface area contributed by atoms with Gasteiger partial charge in [-0.25, -0.2) is 32.7 Å². The molecular formula is C20H14FN5O2S. The Balaban J connectivity index is 1.81. The highest BCUT2D eigenvalue weighted by Crippen LogP contribution is 2.33. The zero-order valence-electron chi connectivity index (χ0n) is 14.9. The molecule has 4 rings (SSSR count). The fourth-order valence-electron chi connectivity index (χ4n) is 2.88. The summed E-state index contributed by atoms with van der Waals surface area (Å²) in [6.07, 6.45) is 5.37. The fraction of sp³-hybridized carbons (Fsp3) is 0. The van der Waals surface area contributed by atoms with Crippen LogP contribution in [0.3, 0.4) is 0 Å². The lowest BCUT2D eigenvalue weighted by molar-refractivity contribution is 0.592. The topological polar surface area (TPSA) is 112 Å². The summed E-state index contributed by atoms with van der Waals surface area (Å²) in [6, 6.07) is 12.2. The van der Waals surface area contributed by atoms with Gasteiger partial charge in [-0.05, 0) is 23.8 Å². The molecule has 4 aromatic rings. The Kier molecular flexibility index (Phi) is 4.73. The fourth-order valence-corrected chi connectivity index (χ4v) is 4.27. The average molecular weight is 407 g/mol. The van der Waals surface area contributed by atoms with Crippen LogP contribution in [0.5, 0.6) is 0 Å². The largest absolute Gasteiger partial charge is 0.368 e. The first-order chi connectivity index (χ1) is 14.0. The second-order valence-electron chi connectivity index (χ2n) is 6.07. The van der Waals surface area contributed by atoms with Crippen molar-refractivity contribution in [3.05, 3.63) is 79.3 Å². The number of anilines is 1. The molecular weight excluding hydrogens is 393 g/mol. The Morgan fingerprint density at radius 1 is 0.862 bits per heavy atom. The van der Waals surface area contributed by atoms with Crippen LogP contribution in [0, 0.1) is 5.82 Å². The highest BCUT2D eigenvalue weighted by molar-refractivity contribution is 7.91. The predicted octanol–water partition coefficient (Wildman–Crippen LogP) is 3.15. The van der Waals surface area contributed by atoms with Gasteiger partial charge in [-0.1, -0.05) is 30.3 Å². The molecule has 2 aromatic heterocycles. The number of hydrogen-bond acceptors (Lipinski definition) is 7. The molecule has 0 bridgehead atoms. The van der Waals surface area contributed by atoms with Gasteiger partial charge in [-0.3, -0.25) is 0 Å². The molecule has 9 heteroatoms. The summed E-state index contributed by atoms with van der Waals surface area (Å²) in [4.78, 5) is 15.3. The maximum absolute atomic E-state index is 14.8. The molecule has 0 atom stereocenters. The average Bonchev–Trinajstić information content (AvgIpc) is 2.75. The second-order valence-corrected chi connectivity index (χ2v) is 7.94. The number of sulfone groups is 1. The summed E-state index contributed by atoms with van der Waals surface area (Å²) in [5, 5.41) is -0.129. The first kappa shape index (κ1) is 18.6. The number of halogens is 1. The lowest BCUT2D eigenvalue weighted by Crippen LogP contribution is -2.06. The van der Waals surface area contributed by atoms with E-state index in [2.05, 4.69) is 19.9 Å². The van der Waals surface area contributed by atoms with Gasteiger partial charge in [0.2, 0.25) is 15.8 Å². The lowest BCUT2D eigenvalue weighted by Gasteiger charge is -2.11. The minimum Gasteiger partial charge on any atom is -0.368 e. The number of hydrogen-bond donors (Lipinski definition) is 1. The van der Waals surface area contributed by atoms with Crippen molar-refractivity contribution < 1.29 is 12.8 Å². The van der Waals surface area contributed by atoms with E-state index in [1.807, 2.05) is 0 Å². The Morgan fingerprint density at radius 2 is 1.62 bits per heavy atom. The third-order valence-corrected chi connectivity index (χ3v) is 6.00. The molecule has 144 valence electrons. The Labute approximate surface area is 166 Å². The van der Waals surface area contributed by atoms with Crippen LogP contribution < -0.4 is 5.73 Å². The van der Waals surface area contributed by atoms with Crippen molar-refractivity contribution in [3.8, 4) is 22.3 Å². The number of rotatable bonds is 4. The van der Waals surface area contributed by atoms with Crippen LogP contribution in [0.25, 0.3) is 22.3 Å². The molecule has 2 aromatic carbocycles. The van der Waals surface area contributed by atoms with E-state index in [1.165, 1.54) is 43.1 Å². The van der Waals surface area contributed by atoms with Crippen molar-refractivity contribution in [2.45, 2.75) is 9.92 Å². The van der Waals surface area contributed by atoms with Gasteiger partial charge in [0.1, 0.15) is 12.1 Å². The van der Waals surface area contributed by atoms with Crippen LogP contribution in [-0.2, 0) is 9.84 Å². The summed E-state index contributed by atoms with van der Waals surface area (Å²) in [5.41, 5.74) is 6.99. The van der Waals surface area contributed by atoms with Crippen molar-refractivity contribution in [1.29, 1.82) is 0 Å². The lowest BCUT2D eigenvalue weighted by atomic mass is 10.0. The number of nitrogen functional groups attached to an aromatic ring is 1. The zero-order valence-corrected chi connectivity index (χ0v) is 15.7. The van der Waals surface area contributed by atoms with Crippen molar-refractivity contribution in [3.63, 3.8) is 0 Å². The predicted molar refractivity (Wildman–Crippen MR) is 105 cm³/mol. The number of nitrogens with two attached hydrogens (primary N) is 1. The number of benzene rings is 2. The van der Waals surface area contributed by atoms with E-state index in [4.69, 9.17) is 5.73 Å². The molecule has 2 heterocycles. The Hall–Kier alpha value is -3.72. The van der Waals surface area contributed by atoms with Gasteiger partial charge in [0.15, 0.2) is 5.03 Å². The van der Waals surface area contributed by atoms with Crippen molar-refractivity contribution in [2.75, 3.05) is 5.73 Å². The van der Waals surface area contributed by atoms with Crippen molar-refractivity contribution in [2.24, 2.45) is 0 Å². The minimum absolute atomic E-state index is 0.0293. The first-order valence-corrected chi connectivity index (χ1v) is 9.93. The molecule has 0 unspecified atom stereocenters. The SMILES string of the molecule is Nc1ncc(-c2ccc(-c3ccccc3S(=O)(=O)c3ccncn3)cc2F)cn1. The molecule has 0 radical (unpaired) electrons. The third-order valence-electron chi connectivity index (χ3n) is 4.27. The molecule has 0 aliphatic heterocycles. The van der Waals surface area contributed by atoms with Crippen LogP contribution in [0.15, 0.2) is 83.4 Å². The highest BCUT2D eigenvalue weighted by Gasteiger charge is 2.23. The molecule has 0 fully saturated rings. The maximum atomic E-state index is 14.8. The number of nitrogens with zero attached hydrogens (tertiary/aromatic N) is 4. The summed E-state index contributed by atoms with van der Waals surface area (Å²) in [5.74, 6) is -0.445. The van der Waals surface area contributed by atoms with Crippen LogP contribution in [0.4, 0.5) is 10.3 Å². The summed E-state index contributed by atoms with van der Waals surface area (Å²) < 4.78 is 40.9. The van der Waals surface area contributed by atoms with E-state index in [0.29, 0.717) is 16.7 Å². The van der Waals surface area contributed by atoms with Crippen LogP contribution >= 0.6 is 0 Å². The van der Waals surface area contributed by atoms with Gasteiger partial charge in [0, 0.05) is 35.3 Å². The van der Waals surface area contributed by atoms with E-state index in [1.54, 1.807) is 30.3 Å². The van der Waals surface area contributed by atoms with E-state index in [9.17, 15) is 12.8 Å². The van der Waals surface area contributed by atoms with Crippen molar-refractivity contribution >= 4 is 15.8 Å². The van der Waals surface area contributed by atoms with Crippen molar-refractivity contribution in [1.82, 2.24) is 19.9 Å². The van der Waals surface area contributed by atoms with Gasteiger partial charge >= 0.3 is 0 Å². The van der Waals surface area contributed by atoms with Gasteiger partial charge in [0.05, 0.1) is 4.90 Å². The smallest absolute Gasteiger partial charge is 0.224 e.